The Hall–Kier alpha value is -2.31. The molecule has 0 spiro atoms. The van der Waals surface area contributed by atoms with Crippen molar-refractivity contribution in [2.75, 3.05) is 37.0 Å². The normalized spacial score (nSPS) is 14.9. The van der Waals surface area contributed by atoms with E-state index in [0.717, 1.165) is 42.1 Å². The molecule has 128 valence electrons. The molecular formula is C17H25N7. The van der Waals surface area contributed by atoms with Gasteiger partial charge in [-0.3, -0.25) is 0 Å². The lowest BCUT2D eigenvalue weighted by molar-refractivity contribution is 0.486. The van der Waals surface area contributed by atoms with E-state index in [2.05, 4.69) is 43.7 Å². The lowest BCUT2D eigenvalue weighted by atomic mass is 9.99. The number of nitrogens with zero attached hydrogens (tertiary/aromatic N) is 7. The number of aromatic nitrogens is 5. The van der Waals surface area contributed by atoms with E-state index in [0.29, 0.717) is 11.9 Å². The Morgan fingerprint density at radius 3 is 2.17 bits per heavy atom. The highest BCUT2D eigenvalue weighted by Crippen LogP contribution is 2.29. The molecule has 2 aromatic heterocycles. The number of rotatable bonds is 4. The fourth-order valence-electron chi connectivity index (χ4n) is 2.71. The first kappa shape index (κ1) is 16.5. The van der Waals surface area contributed by atoms with Gasteiger partial charge in [-0.1, -0.05) is 13.8 Å². The quantitative estimate of drug-likeness (QED) is 0.851. The molecule has 0 N–H and O–H groups in total. The van der Waals surface area contributed by atoms with E-state index in [9.17, 15) is 0 Å². The summed E-state index contributed by atoms with van der Waals surface area (Å²) in [7, 11) is 3.90. The average Bonchev–Trinajstić information content (AvgIpc) is 2.44. The molecule has 3 heterocycles. The van der Waals surface area contributed by atoms with Crippen molar-refractivity contribution in [2.45, 2.75) is 39.5 Å². The van der Waals surface area contributed by atoms with Crippen LogP contribution in [0.15, 0.2) is 6.07 Å². The summed E-state index contributed by atoms with van der Waals surface area (Å²) in [6, 6.07) is 2.00. The molecule has 1 aliphatic heterocycles. The third kappa shape index (κ3) is 3.29. The molecule has 0 bridgehead atoms. The number of hydrogen-bond acceptors (Lipinski definition) is 7. The molecular weight excluding hydrogens is 302 g/mol. The first-order chi connectivity index (χ1) is 11.3. The van der Waals surface area contributed by atoms with Gasteiger partial charge in [0.05, 0.1) is 5.92 Å². The van der Waals surface area contributed by atoms with Crippen molar-refractivity contribution in [3.8, 4) is 0 Å². The zero-order valence-electron chi connectivity index (χ0n) is 15.3. The fourth-order valence-corrected chi connectivity index (χ4v) is 2.71. The first-order valence-corrected chi connectivity index (χ1v) is 8.34. The summed E-state index contributed by atoms with van der Waals surface area (Å²) >= 11 is 0. The van der Waals surface area contributed by atoms with Gasteiger partial charge in [-0.25, -0.2) is 9.97 Å². The minimum absolute atomic E-state index is 0.269. The zero-order valence-corrected chi connectivity index (χ0v) is 15.3. The summed E-state index contributed by atoms with van der Waals surface area (Å²) in [4.78, 5) is 27.0. The molecule has 0 aromatic carbocycles. The first-order valence-electron chi connectivity index (χ1n) is 8.34. The number of aryl methyl sites for hydroxylation is 2. The summed E-state index contributed by atoms with van der Waals surface area (Å²) in [6.07, 6.45) is 0. The Labute approximate surface area is 143 Å². The molecule has 24 heavy (non-hydrogen) atoms. The van der Waals surface area contributed by atoms with E-state index in [-0.39, 0.29) is 5.92 Å². The maximum atomic E-state index is 4.64. The molecule has 3 rings (SSSR count). The second-order valence-electron chi connectivity index (χ2n) is 6.95. The van der Waals surface area contributed by atoms with Crippen molar-refractivity contribution in [1.82, 2.24) is 24.9 Å². The molecule has 0 unspecified atom stereocenters. The van der Waals surface area contributed by atoms with E-state index in [1.165, 1.54) is 0 Å². The molecule has 0 amide bonds. The molecule has 2 aromatic rings. The van der Waals surface area contributed by atoms with Crippen molar-refractivity contribution in [3.05, 3.63) is 29.1 Å². The van der Waals surface area contributed by atoms with Crippen LogP contribution in [0.2, 0.25) is 0 Å². The second-order valence-corrected chi connectivity index (χ2v) is 6.95. The molecule has 0 atom stereocenters. The van der Waals surface area contributed by atoms with Crippen LogP contribution in [0.25, 0.3) is 0 Å². The lowest BCUT2D eigenvalue weighted by Crippen LogP contribution is -2.47. The number of hydrogen-bond donors (Lipinski definition) is 0. The largest absolute Gasteiger partial charge is 0.347 e. The average molecular weight is 327 g/mol. The third-order valence-corrected chi connectivity index (χ3v) is 4.07. The van der Waals surface area contributed by atoms with Gasteiger partial charge in [0.1, 0.15) is 11.6 Å². The monoisotopic (exact) mass is 327 g/mol. The molecule has 0 radical (unpaired) electrons. The van der Waals surface area contributed by atoms with E-state index in [4.69, 9.17) is 0 Å². The van der Waals surface area contributed by atoms with Gasteiger partial charge in [0.15, 0.2) is 0 Å². The Bertz CT molecular complexity index is 689. The van der Waals surface area contributed by atoms with Crippen LogP contribution in [-0.4, -0.2) is 52.1 Å². The Balaban J connectivity index is 1.80. The molecule has 1 aliphatic rings. The van der Waals surface area contributed by atoms with Crippen molar-refractivity contribution >= 4 is 11.9 Å². The predicted octanol–water partition coefficient (Wildman–Crippen LogP) is 2.07. The maximum absolute atomic E-state index is 4.64. The SMILES string of the molecule is Cc1cc(C)nc(C2CN(c3nc(C(C)C)nc(N(C)C)n3)C2)n1. The fraction of sp³-hybridized carbons (Fsp3) is 0.588. The highest BCUT2D eigenvalue weighted by atomic mass is 15.4. The molecule has 1 saturated heterocycles. The van der Waals surface area contributed by atoms with Crippen molar-refractivity contribution in [2.24, 2.45) is 0 Å². The predicted molar refractivity (Wildman–Crippen MR) is 94.7 cm³/mol. The molecule has 0 saturated carbocycles. The molecule has 7 nitrogen and oxygen atoms in total. The van der Waals surface area contributed by atoms with Crippen LogP contribution in [0.4, 0.5) is 11.9 Å². The van der Waals surface area contributed by atoms with Crippen LogP contribution in [0.3, 0.4) is 0 Å². The zero-order chi connectivity index (χ0) is 17.4. The standard InChI is InChI=1S/C17H25N7/c1-10(2)14-20-16(23(5)6)22-17(21-14)24-8-13(9-24)15-18-11(3)7-12(4)19-15/h7,10,13H,8-9H2,1-6H3. The van der Waals surface area contributed by atoms with E-state index >= 15 is 0 Å². The lowest BCUT2D eigenvalue weighted by Gasteiger charge is -2.38. The maximum Gasteiger partial charge on any atom is 0.230 e. The minimum Gasteiger partial charge on any atom is -0.347 e. The number of anilines is 2. The summed E-state index contributed by atoms with van der Waals surface area (Å²) in [6.45, 7) is 9.91. The summed E-state index contributed by atoms with van der Waals surface area (Å²) in [5.74, 6) is 3.81. The van der Waals surface area contributed by atoms with E-state index in [1.54, 1.807) is 0 Å². The van der Waals surface area contributed by atoms with Gasteiger partial charge in [0, 0.05) is 44.5 Å². The van der Waals surface area contributed by atoms with E-state index in [1.807, 2.05) is 38.9 Å². The third-order valence-electron chi connectivity index (χ3n) is 4.07. The van der Waals surface area contributed by atoms with Gasteiger partial charge in [0.25, 0.3) is 0 Å². The molecule has 0 aliphatic carbocycles. The van der Waals surface area contributed by atoms with Gasteiger partial charge < -0.3 is 9.80 Å². The van der Waals surface area contributed by atoms with Gasteiger partial charge in [-0.05, 0) is 19.9 Å². The highest BCUT2D eigenvalue weighted by Gasteiger charge is 2.33. The Morgan fingerprint density at radius 1 is 1.00 bits per heavy atom. The Kier molecular flexibility index (Phi) is 4.34. The smallest absolute Gasteiger partial charge is 0.230 e. The van der Waals surface area contributed by atoms with Crippen LogP contribution in [0.1, 0.15) is 48.7 Å². The van der Waals surface area contributed by atoms with E-state index < -0.39 is 0 Å². The molecule has 7 heteroatoms. The highest BCUT2D eigenvalue weighted by molar-refractivity contribution is 5.42. The Morgan fingerprint density at radius 2 is 1.62 bits per heavy atom. The topological polar surface area (TPSA) is 70.9 Å². The minimum atomic E-state index is 0.269. The van der Waals surface area contributed by atoms with Crippen LogP contribution >= 0.6 is 0 Å². The van der Waals surface area contributed by atoms with Crippen molar-refractivity contribution in [1.29, 1.82) is 0 Å². The van der Waals surface area contributed by atoms with Gasteiger partial charge in [-0.2, -0.15) is 15.0 Å². The van der Waals surface area contributed by atoms with Crippen LogP contribution in [0, 0.1) is 13.8 Å². The van der Waals surface area contributed by atoms with Gasteiger partial charge in [-0.15, -0.1) is 0 Å². The summed E-state index contributed by atoms with van der Waals surface area (Å²) in [5, 5.41) is 0. The van der Waals surface area contributed by atoms with Crippen LogP contribution in [-0.2, 0) is 0 Å². The van der Waals surface area contributed by atoms with Gasteiger partial charge >= 0.3 is 0 Å². The summed E-state index contributed by atoms with van der Waals surface area (Å²) < 4.78 is 0. The molecule has 1 fully saturated rings. The summed E-state index contributed by atoms with van der Waals surface area (Å²) in [5.41, 5.74) is 2.04. The van der Waals surface area contributed by atoms with Crippen LogP contribution < -0.4 is 9.80 Å². The second kappa shape index (κ2) is 6.30. The van der Waals surface area contributed by atoms with Crippen molar-refractivity contribution < 1.29 is 0 Å². The van der Waals surface area contributed by atoms with Gasteiger partial charge in [0.2, 0.25) is 11.9 Å². The van der Waals surface area contributed by atoms with Crippen molar-refractivity contribution in [3.63, 3.8) is 0 Å². The van der Waals surface area contributed by atoms with Crippen LogP contribution in [0.5, 0.6) is 0 Å².